The summed E-state index contributed by atoms with van der Waals surface area (Å²) in [4.78, 5) is 46.9. The highest BCUT2D eigenvalue weighted by Gasteiger charge is 2.29. The van der Waals surface area contributed by atoms with Crippen LogP contribution >= 0.6 is 0 Å². The van der Waals surface area contributed by atoms with E-state index in [1.54, 1.807) is 48.5 Å². The lowest BCUT2D eigenvalue weighted by atomic mass is 10.1. The highest BCUT2D eigenvalue weighted by Crippen LogP contribution is 2.23. The molecule has 9 heteroatoms. The summed E-state index contributed by atoms with van der Waals surface area (Å²) in [5.41, 5.74) is 1.49. The van der Waals surface area contributed by atoms with Crippen LogP contribution in [0.15, 0.2) is 48.5 Å². The van der Waals surface area contributed by atoms with Crippen molar-refractivity contribution in [2.24, 2.45) is 0 Å². The van der Waals surface area contributed by atoms with Crippen LogP contribution < -0.4 is 26.0 Å². The molecule has 0 bridgehead atoms. The number of urea groups is 1. The summed E-state index contributed by atoms with van der Waals surface area (Å²) in [6, 6.07) is 12.2. The van der Waals surface area contributed by atoms with Gasteiger partial charge in [0, 0.05) is 17.7 Å². The molecule has 4 N–H and O–H groups in total. The van der Waals surface area contributed by atoms with Crippen LogP contribution in [-0.4, -0.2) is 36.9 Å². The van der Waals surface area contributed by atoms with Gasteiger partial charge in [-0.2, -0.15) is 0 Å². The van der Waals surface area contributed by atoms with Gasteiger partial charge in [-0.15, -0.1) is 0 Å². The number of amides is 5. The number of carbonyl (C=O) groups is 4. The Morgan fingerprint density at radius 2 is 1.76 bits per heavy atom. The minimum absolute atomic E-state index is 0.0639. The Bertz CT molecular complexity index is 942. The van der Waals surface area contributed by atoms with Crippen molar-refractivity contribution < 1.29 is 23.9 Å². The largest absolute Gasteiger partial charge is 0.495 e. The summed E-state index contributed by atoms with van der Waals surface area (Å²) < 4.78 is 5.21. The molecule has 0 saturated carbocycles. The Kier molecular flexibility index (Phi) is 6.08. The molecule has 1 fully saturated rings. The minimum Gasteiger partial charge on any atom is -0.495 e. The van der Waals surface area contributed by atoms with Gasteiger partial charge in [-0.3, -0.25) is 19.7 Å². The van der Waals surface area contributed by atoms with E-state index in [1.807, 2.05) is 0 Å². The summed E-state index contributed by atoms with van der Waals surface area (Å²) in [5, 5.41) is 10.0. The number of carbonyl (C=O) groups excluding carboxylic acids is 4. The molecule has 5 amide bonds. The standard InChI is InChI=1S/C20H20N4O5/c1-29-16-5-3-2-4-14(16)22-18(26)12-6-8-13(9-7-12)21-17(25)11-10-15-19(27)24-20(28)23-15/h2-9,15H,10-11H2,1H3,(H,21,25)(H,22,26)(H2,23,24,27,28)/t15-/m1/s1. The summed E-state index contributed by atoms with van der Waals surface area (Å²) in [7, 11) is 1.52. The maximum Gasteiger partial charge on any atom is 0.322 e. The Labute approximate surface area is 166 Å². The molecule has 150 valence electrons. The maximum absolute atomic E-state index is 12.4. The van der Waals surface area contributed by atoms with Crippen LogP contribution in [0.2, 0.25) is 0 Å². The van der Waals surface area contributed by atoms with Crippen LogP contribution in [0.5, 0.6) is 5.75 Å². The van der Waals surface area contributed by atoms with Crippen LogP contribution in [0, 0.1) is 0 Å². The Balaban J connectivity index is 1.53. The van der Waals surface area contributed by atoms with Crippen LogP contribution in [0.1, 0.15) is 23.2 Å². The fraction of sp³-hybridized carbons (Fsp3) is 0.200. The number of methoxy groups -OCH3 is 1. The van der Waals surface area contributed by atoms with Crippen LogP contribution in [0.4, 0.5) is 16.2 Å². The molecule has 2 aromatic rings. The molecule has 29 heavy (non-hydrogen) atoms. The SMILES string of the molecule is COc1ccccc1NC(=O)c1ccc(NC(=O)CC[C@H]2NC(=O)NC2=O)cc1. The van der Waals surface area contributed by atoms with E-state index in [0.29, 0.717) is 22.7 Å². The predicted molar refractivity (Wildman–Crippen MR) is 106 cm³/mol. The van der Waals surface area contributed by atoms with Crippen LogP contribution in [0.3, 0.4) is 0 Å². The Morgan fingerprint density at radius 3 is 2.41 bits per heavy atom. The van der Waals surface area contributed by atoms with E-state index in [0.717, 1.165) is 0 Å². The average molecular weight is 396 g/mol. The number of rotatable bonds is 7. The third kappa shape index (κ3) is 5.10. The highest BCUT2D eigenvalue weighted by molar-refractivity contribution is 6.06. The lowest BCUT2D eigenvalue weighted by Gasteiger charge is -2.11. The second-order valence-corrected chi connectivity index (χ2v) is 6.33. The number of para-hydroxylation sites is 2. The molecule has 0 spiro atoms. The van der Waals surface area contributed by atoms with Crippen molar-refractivity contribution in [1.29, 1.82) is 0 Å². The van der Waals surface area contributed by atoms with Crippen LogP contribution in [0.25, 0.3) is 0 Å². The van der Waals surface area contributed by atoms with E-state index in [2.05, 4.69) is 21.3 Å². The zero-order valence-electron chi connectivity index (χ0n) is 15.7. The third-order valence-electron chi connectivity index (χ3n) is 4.30. The molecule has 1 aliphatic heterocycles. The number of nitrogens with one attached hydrogen (secondary N) is 4. The summed E-state index contributed by atoms with van der Waals surface area (Å²) in [5.74, 6) is -0.495. The molecule has 0 radical (unpaired) electrons. The van der Waals surface area contributed by atoms with Gasteiger partial charge in [0.2, 0.25) is 5.91 Å². The van der Waals surface area contributed by atoms with Gasteiger partial charge in [0.25, 0.3) is 11.8 Å². The van der Waals surface area contributed by atoms with E-state index in [4.69, 9.17) is 4.74 Å². The number of anilines is 2. The zero-order valence-corrected chi connectivity index (χ0v) is 15.7. The van der Waals surface area contributed by atoms with Crippen molar-refractivity contribution in [3.63, 3.8) is 0 Å². The monoisotopic (exact) mass is 396 g/mol. The highest BCUT2D eigenvalue weighted by atomic mass is 16.5. The number of imide groups is 1. The third-order valence-corrected chi connectivity index (χ3v) is 4.30. The van der Waals surface area contributed by atoms with E-state index in [9.17, 15) is 19.2 Å². The van der Waals surface area contributed by atoms with Gasteiger partial charge in [0.05, 0.1) is 12.8 Å². The molecule has 1 atom stereocenters. The van der Waals surface area contributed by atoms with Gasteiger partial charge < -0.3 is 20.7 Å². The molecule has 1 aliphatic rings. The molecule has 2 aromatic carbocycles. The van der Waals surface area contributed by atoms with Gasteiger partial charge in [-0.25, -0.2) is 4.79 Å². The molecule has 1 saturated heterocycles. The van der Waals surface area contributed by atoms with Gasteiger partial charge in [0.1, 0.15) is 11.8 Å². The first-order valence-corrected chi connectivity index (χ1v) is 8.92. The lowest BCUT2D eigenvalue weighted by molar-refractivity contribution is -0.120. The van der Waals surface area contributed by atoms with Gasteiger partial charge in [-0.1, -0.05) is 12.1 Å². The molecule has 1 heterocycles. The predicted octanol–water partition coefficient (Wildman–Crippen LogP) is 1.87. The molecular weight excluding hydrogens is 376 g/mol. The van der Waals surface area contributed by atoms with Crippen molar-refractivity contribution in [3.8, 4) is 5.75 Å². The summed E-state index contributed by atoms with van der Waals surface area (Å²) in [6.07, 6.45) is 0.261. The van der Waals surface area contributed by atoms with Crippen molar-refractivity contribution in [2.75, 3.05) is 17.7 Å². The van der Waals surface area contributed by atoms with Crippen molar-refractivity contribution in [3.05, 3.63) is 54.1 Å². The van der Waals surface area contributed by atoms with E-state index in [-0.39, 0.29) is 24.7 Å². The molecule has 0 aromatic heterocycles. The fourth-order valence-corrected chi connectivity index (χ4v) is 2.81. The Morgan fingerprint density at radius 1 is 1.03 bits per heavy atom. The molecule has 0 unspecified atom stereocenters. The number of hydrogen-bond acceptors (Lipinski definition) is 5. The maximum atomic E-state index is 12.4. The normalized spacial score (nSPS) is 15.3. The number of ether oxygens (including phenoxy) is 1. The molecule has 9 nitrogen and oxygen atoms in total. The fourth-order valence-electron chi connectivity index (χ4n) is 2.81. The zero-order chi connectivity index (χ0) is 20.8. The molecular formula is C20H20N4O5. The second kappa shape index (κ2) is 8.87. The number of benzene rings is 2. The first kappa shape index (κ1) is 19.9. The quantitative estimate of drug-likeness (QED) is 0.532. The second-order valence-electron chi connectivity index (χ2n) is 6.33. The molecule has 3 rings (SSSR count). The first-order chi connectivity index (χ1) is 14.0. The summed E-state index contributed by atoms with van der Waals surface area (Å²) in [6.45, 7) is 0. The van der Waals surface area contributed by atoms with Gasteiger partial charge >= 0.3 is 6.03 Å². The first-order valence-electron chi connectivity index (χ1n) is 8.92. The average Bonchev–Trinajstić information content (AvgIpc) is 3.04. The lowest BCUT2D eigenvalue weighted by Crippen LogP contribution is -2.30. The van der Waals surface area contributed by atoms with Crippen molar-refractivity contribution in [2.45, 2.75) is 18.9 Å². The Hall–Kier alpha value is -3.88. The smallest absolute Gasteiger partial charge is 0.322 e. The van der Waals surface area contributed by atoms with Crippen molar-refractivity contribution >= 4 is 35.1 Å². The number of hydrogen-bond donors (Lipinski definition) is 4. The van der Waals surface area contributed by atoms with Gasteiger partial charge in [-0.05, 0) is 42.8 Å². The summed E-state index contributed by atoms with van der Waals surface area (Å²) >= 11 is 0. The molecule has 0 aliphatic carbocycles. The van der Waals surface area contributed by atoms with E-state index < -0.39 is 18.0 Å². The van der Waals surface area contributed by atoms with E-state index in [1.165, 1.54) is 7.11 Å². The van der Waals surface area contributed by atoms with Crippen molar-refractivity contribution in [1.82, 2.24) is 10.6 Å². The topological polar surface area (TPSA) is 126 Å². The minimum atomic E-state index is -0.700. The van der Waals surface area contributed by atoms with Crippen LogP contribution in [-0.2, 0) is 9.59 Å². The van der Waals surface area contributed by atoms with Gasteiger partial charge in [0.15, 0.2) is 0 Å². The van der Waals surface area contributed by atoms with E-state index >= 15 is 0 Å².